The number of ether oxygens (including phenoxy) is 1. The van der Waals surface area contributed by atoms with Gasteiger partial charge in [-0.2, -0.15) is 5.26 Å². The van der Waals surface area contributed by atoms with Gasteiger partial charge < -0.3 is 4.74 Å². The molecule has 0 aliphatic carbocycles. The van der Waals surface area contributed by atoms with Crippen LogP contribution >= 0.6 is 0 Å². The van der Waals surface area contributed by atoms with Crippen molar-refractivity contribution in [3.8, 4) is 11.8 Å². The van der Waals surface area contributed by atoms with Gasteiger partial charge in [0.25, 0.3) is 0 Å². The first kappa shape index (κ1) is 21.4. The molecular weight excluding hydrogens is 384 g/mol. The van der Waals surface area contributed by atoms with Gasteiger partial charge in [0.2, 0.25) is 0 Å². The van der Waals surface area contributed by atoms with E-state index in [2.05, 4.69) is 17.0 Å². The Morgan fingerprint density at radius 1 is 1.17 bits per heavy atom. The molecule has 2 aromatic carbocycles. The summed E-state index contributed by atoms with van der Waals surface area (Å²) in [6, 6.07) is 16.4. The topological polar surface area (TPSA) is 70.4 Å². The second-order valence-corrected chi connectivity index (χ2v) is 10.7. The molecule has 0 unspecified atom stereocenters. The highest BCUT2D eigenvalue weighted by atomic mass is 32.2. The van der Waals surface area contributed by atoms with Crippen molar-refractivity contribution in [1.82, 2.24) is 4.90 Å². The molecular formula is C23H28N2O3S. The van der Waals surface area contributed by atoms with Gasteiger partial charge in [0.1, 0.15) is 11.4 Å². The first-order valence-corrected chi connectivity index (χ1v) is 11.5. The molecule has 6 heteroatoms. The van der Waals surface area contributed by atoms with Gasteiger partial charge in [-0.25, -0.2) is 8.42 Å². The molecule has 0 radical (unpaired) electrons. The Balaban J connectivity index is 1.57. The average Bonchev–Trinajstić information content (AvgIpc) is 3.08. The van der Waals surface area contributed by atoms with E-state index in [1.165, 1.54) is 11.6 Å². The second-order valence-electron chi connectivity index (χ2n) is 8.67. The average molecular weight is 413 g/mol. The van der Waals surface area contributed by atoms with E-state index in [-0.39, 0.29) is 22.2 Å². The van der Waals surface area contributed by atoms with E-state index < -0.39 is 9.84 Å². The summed E-state index contributed by atoms with van der Waals surface area (Å²) in [5.74, 6) is 1.08. The lowest BCUT2D eigenvalue weighted by molar-refractivity contribution is 0.131. The van der Waals surface area contributed by atoms with Crippen LogP contribution in [0.1, 0.15) is 38.3 Å². The van der Waals surface area contributed by atoms with Crippen LogP contribution in [0.4, 0.5) is 0 Å². The number of hydrogen-bond donors (Lipinski definition) is 0. The monoisotopic (exact) mass is 412 g/mol. The number of nitrogens with zero attached hydrogens (tertiary/aromatic N) is 2. The van der Waals surface area contributed by atoms with Gasteiger partial charge in [-0.15, -0.1) is 0 Å². The van der Waals surface area contributed by atoms with E-state index in [1.54, 1.807) is 18.2 Å². The molecule has 0 N–H and O–H groups in total. The Morgan fingerprint density at radius 3 is 2.55 bits per heavy atom. The van der Waals surface area contributed by atoms with Gasteiger partial charge in [0, 0.05) is 13.1 Å². The molecule has 0 amide bonds. The zero-order chi connectivity index (χ0) is 21.1. The third-order valence-electron chi connectivity index (χ3n) is 4.90. The summed E-state index contributed by atoms with van der Waals surface area (Å²) in [7, 11) is -3.39. The summed E-state index contributed by atoms with van der Waals surface area (Å²) in [6.07, 6.45) is 0.863. The van der Waals surface area contributed by atoms with Crippen LogP contribution in [-0.4, -0.2) is 37.8 Å². The van der Waals surface area contributed by atoms with Crippen LogP contribution in [0, 0.1) is 17.2 Å². The quantitative estimate of drug-likeness (QED) is 0.716. The van der Waals surface area contributed by atoms with Gasteiger partial charge >= 0.3 is 0 Å². The first-order valence-electron chi connectivity index (χ1n) is 9.88. The molecule has 1 fully saturated rings. The van der Waals surface area contributed by atoms with Crippen LogP contribution < -0.4 is 4.74 Å². The number of likely N-dealkylation sites (tertiary alicyclic amines) is 1. The zero-order valence-electron chi connectivity index (χ0n) is 17.3. The van der Waals surface area contributed by atoms with Crippen LogP contribution in [0.2, 0.25) is 0 Å². The van der Waals surface area contributed by atoms with Gasteiger partial charge in [0.05, 0.1) is 22.3 Å². The summed E-state index contributed by atoms with van der Waals surface area (Å²) >= 11 is 0. The van der Waals surface area contributed by atoms with Gasteiger partial charge in [-0.05, 0) is 75.5 Å². The van der Waals surface area contributed by atoms with Crippen molar-refractivity contribution < 1.29 is 13.2 Å². The van der Waals surface area contributed by atoms with E-state index in [9.17, 15) is 8.42 Å². The summed E-state index contributed by atoms with van der Waals surface area (Å²) in [5.41, 5.74) is 1.34. The largest absolute Gasteiger partial charge is 0.488 e. The van der Waals surface area contributed by atoms with Crippen LogP contribution in [0.3, 0.4) is 0 Å². The maximum absolute atomic E-state index is 12.7. The van der Waals surface area contributed by atoms with Crippen molar-refractivity contribution >= 4 is 9.84 Å². The van der Waals surface area contributed by atoms with Crippen LogP contribution in [0.25, 0.3) is 0 Å². The fourth-order valence-electron chi connectivity index (χ4n) is 3.63. The Bertz CT molecular complexity index is 986. The summed E-state index contributed by atoms with van der Waals surface area (Å²) < 4.78 is 31.3. The molecule has 1 aliphatic heterocycles. The minimum atomic E-state index is -3.39. The number of sulfone groups is 1. The highest BCUT2D eigenvalue weighted by Crippen LogP contribution is 2.25. The Kier molecular flexibility index (Phi) is 6.30. The molecule has 1 atom stereocenters. The van der Waals surface area contributed by atoms with E-state index >= 15 is 0 Å². The number of nitriles is 1. The molecule has 1 aliphatic rings. The standard InChI is InChI=1S/C23H28N2O3S/c1-23(2,3)28-21-9-7-18(8-10-21)15-25-12-11-20(16-25)17-29(26,27)22-6-4-5-19(13-22)14-24/h4-10,13,20H,11-12,15-17H2,1-3H3/t20-/m1/s1. The van der Waals surface area contributed by atoms with Crippen molar-refractivity contribution in [2.75, 3.05) is 18.8 Å². The van der Waals surface area contributed by atoms with E-state index in [4.69, 9.17) is 10.00 Å². The van der Waals surface area contributed by atoms with Crippen LogP contribution in [0.5, 0.6) is 5.75 Å². The fraction of sp³-hybridized carbons (Fsp3) is 0.435. The SMILES string of the molecule is CC(C)(C)Oc1ccc(CN2CC[C@@H](CS(=O)(=O)c3cccc(C#N)c3)C2)cc1. The second kappa shape index (κ2) is 8.56. The highest BCUT2D eigenvalue weighted by molar-refractivity contribution is 7.91. The molecule has 0 spiro atoms. The van der Waals surface area contributed by atoms with Gasteiger partial charge in [-0.1, -0.05) is 18.2 Å². The van der Waals surface area contributed by atoms with Crippen LogP contribution in [-0.2, 0) is 16.4 Å². The Hall–Kier alpha value is -2.36. The Morgan fingerprint density at radius 2 is 1.90 bits per heavy atom. The highest BCUT2D eigenvalue weighted by Gasteiger charge is 2.28. The maximum Gasteiger partial charge on any atom is 0.178 e. The molecule has 0 saturated carbocycles. The lowest BCUT2D eigenvalue weighted by Gasteiger charge is -2.22. The lowest BCUT2D eigenvalue weighted by atomic mass is 10.1. The van der Waals surface area contributed by atoms with Crippen molar-refractivity contribution in [2.45, 2.75) is 44.2 Å². The number of benzene rings is 2. The molecule has 3 rings (SSSR count). The number of rotatable bonds is 6. The summed E-state index contributed by atoms with van der Waals surface area (Å²) in [5, 5.41) is 9.00. The van der Waals surface area contributed by atoms with Crippen molar-refractivity contribution in [1.29, 1.82) is 5.26 Å². The molecule has 0 aromatic heterocycles. The van der Waals surface area contributed by atoms with Crippen molar-refractivity contribution in [2.24, 2.45) is 5.92 Å². The van der Waals surface area contributed by atoms with E-state index in [1.807, 2.05) is 39.0 Å². The predicted molar refractivity (Wildman–Crippen MR) is 113 cm³/mol. The van der Waals surface area contributed by atoms with Crippen molar-refractivity contribution in [3.05, 3.63) is 59.7 Å². The molecule has 1 heterocycles. The van der Waals surface area contributed by atoms with E-state index in [0.29, 0.717) is 5.56 Å². The molecule has 29 heavy (non-hydrogen) atoms. The fourth-order valence-corrected chi connectivity index (χ4v) is 5.31. The van der Waals surface area contributed by atoms with E-state index in [0.717, 1.165) is 31.8 Å². The minimum Gasteiger partial charge on any atom is -0.488 e. The minimum absolute atomic E-state index is 0.106. The number of hydrogen-bond acceptors (Lipinski definition) is 5. The van der Waals surface area contributed by atoms with Gasteiger partial charge in [-0.3, -0.25) is 4.90 Å². The van der Waals surface area contributed by atoms with Crippen molar-refractivity contribution in [3.63, 3.8) is 0 Å². The molecule has 154 valence electrons. The molecule has 2 aromatic rings. The molecule has 0 bridgehead atoms. The summed E-state index contributed by atoms with van der Waals surface area (Å²) in [6.45, 7) is 8.52. The maximum atomic E-state index is 12.7. The summed E-state index contributed by atoms with van der Waals surface area (Å²) in [4.78, 5) is 2.54. The van der Waals surface area contributed by atoms with Crippen LogP contribution in [0.15, 0.2) is 53.4 Å². The Labute approximate surface area is 173 Å². The third kappa shape index (κ3) is 6.06. The lowest BCUT2D eigenvalue weighted by Crippen LogP contribution is -2.24. The predicted octanol–water partition coefficient (Wildman–Crippen LogP) is 4.03. The molecule has 1 saturated heterocycles. The smallest absolute Gasteiger partial charge is 0.178 e. The zero-order valence-corrected chi connectivity index (χ0v) is 18.1. The third-order valence-corrected chi connectivity index (χ3v) is 6.78. The first-order chi connectivity index (χ1) is 13.6. The normalized spacial score (nSPS) is 17.8. The van der Waals surface area contributed by atoms with Gasteiger partial charge in [0.15, 0.2) is 9.84 Å². The molecule has 5 nitrogen and oxygen atoms in total.